The first-order valence-corrected chi connectivity index (χ1v) is 7.77. The van der Waals surface area contributed by atoms with Crippen LogP contribution in [0.1, 0.15) is 16.5 Å². The Labute approximate surface area is 147 Å². The van der Waals surface area contributed by atoms with Crippen LogP contribution >= 0.6 is 23.2 Å². The van der Waals surface area contributed by atoms with Gasteiger partial charge in [0.25, 0.3) is 5.91 Å². The van der Waals surface area contributed by atoms with Crippen molar-refractivity contribution in [1.29, 1.82) is 0 Å². The van der Waals surface area contributed by atoms with Crippen molar-refractivity contribution < 1.29 is 19.4 Å². The molecule has 1 aromatic heterocycles. The molecule has 3 rings (SSSR count). The monoisotopic (exact) mass is 372 g/mol. The molecule has 24 heavy (non-hydrogen) atoms. The number of phenolic OH excluding ortho intramolecular Hbond substituents is 1. The Hall–Kier alpha value is -1.87. The van der Waals surface area contributed by atoms with E-state index in [1.54, 1.807) is 7.11 Å². The van der Waals surface area contributed by atoms with Crippen molar-refractivity contribution in [3.8, 4) is 5.75 Å². The number of anilines is 1. The molecule has 0 radical (unpaired) electrons. The number of carbonyl (C=O) groups excluding carboxylic acids is 1. The molecule has 8 nitrogen and oxygen atoms in total. The number of phenols is 1. The predicted octanol–water partition coefficient (Wildman–Crippen LogP) is 2.13. The van der Waals surface area contributed by atoms with Gasteiger partial charge in [-0.05, 0) is 6.07 Å². The van der Waals surface area contributed by atoms with E-state index < -0.39 is 5.91 Å². The molecule has 1 aliphatic rings. The van der Waals surface area contributed by atoms with Gasteiger partial charge < -0.3 is 19.9 Å². The number of ether oxygens (including phenoxy) is 2. The highest BCUT2D eigenvalue weighted by Crippen LogP contribution is 2.33. The Morgan fingerprint density at radius 3 is 2.92 bits per heavy atom. The van der Waals surface area contributed by atoms with Gasteiger partial charge in [-0.3, -0.25) is 4.79 Å². The fourth-order valence-electron chi connectivity index (χ4n) is 2.36. The number of amides is 1. The average Bonchev–Trinajstić information content (AvgIpc) is 3.20. The summed E-state index contributed by atoms with van der Waals surface area (Å²) in [4.78, 5) is 12.3. The number of aromatic hydroxyl groups is 1. The summed E-state index contributed by atoms with van der Waals surface area (Å²) in [5.74, 6) is -0.739. The number of hydrogen-bond donors (Lipinski definition) is 2. The Kier molecular flexibility index (Phi) is 4.91. The van der Waals surface area contributed by atoms with Gasteiger partial charge in [-0.1, -0.05) is 28.4 Å². The lowest BCUT2D eigenvalue weighted by molar-refractivity contribution is 0.0661. The van der Waals surface area contributed by atoms with Crippen LogP contribution in [-0.2, 0) is 9.47 Å². The predicted molar refractivity (Wildman–Crippen MR) is 86.8 cm³/mol. The summed E-state index contributed by atoms with van der Waals surface area (Å²) in [6.07, 6.45) is 1.34. The highest BCUT2D eigenvalue weighted by atomic mass is 35.5. The number of hydrogen-bond acceptors (Lipinski definition) is 6. The van der Waals surface area contributed by atoms with Crippen molar-refractivity contribution in [2.75, 3.05) is 25.6 Å². The molecule has 1 amide bonds. The van der Waals surface area contributed by atoms with Gasteiger partial charge in [0, 0.05) is 13.2 Å². The fourth-order valence-corrected chi connectivity index (χ4v) is 2.68. The van der Waals surface area contributed by atoms with Gasteiger partial charge in [-0.25, -0.2) is 4.68 Å². The molecule has 0 bridgehead atoms. The van der Waals surface area contributed by atoms with Crippen LogP contribution < -0.4 is 5.32 Å². The zero-order valence-corrected chi connectivity index (χ0v) is 14.1. The van der Waals surface area contributed by atoms with Gasteiger partial charge in [0.15, 0.2) is 5.69 Å². The molecule has 128 valence electrons. The third kappa shape index (κ3) is 3.32. The minimum absolute atomic E-state index is 0.0854. The van der Waals surface area contributed by atoms with Gasteiger partial charge in [0.05, 0.1) is 35.1 Å². The largest absolute Gasteiger partial charge is 0.506 e. The van der Waals surface area contributed by atoms with E-state index in [9.17, 15) is 9.90 Å². The number of nitrogens with zero attached hydrogens (tertiary/aromatic N) is 3. The summed E-state index contributed by atoms with van der Waals surface area (Å²) in [6, 6.07) is 2.45. The van der Waals surface area contributed by atoms with Gasteiger partial charge in [-0.2, -0.15) is 0 Å². The lowest BCUT2D eigenvalue weighted by Gasteiger charge is -2.15. The van der Waals surface area contributed by atoms with Crippen molar-refractivity contribution in [3.05, 3.63) is 34.1 Å². The van der Waals surface area contributed by atoms with E-state index in [1.165, 1.54) is 23.0 Å². The van der Waals surface area contributed by atoms with Gasteiger partial charge >= 0.3 is 0 Å². The number of carbonyl (C=O) groups is 1. The van der Waals surface area contributed by atoms with Crippen molar-refractivity contribution in [2.45, 2.75) is 12.1 Å². The van der Waals surface area contributed by atoms with Crippen LogP contribution in [0.3, 0.4) is 0 Å². The molecule has 1 saturated heterocycles. The lowest BCUT2D eigenvalue weighted by atomic mass is 10.2. The quantitative estimate of drug-likeness (QED) is 0.797. The SMILES string of the molecule is CO[C@@H]1COC[C@H]1n1cc(C(=O)Nc2cc(Cl)c(Cl)cc2O)nn1. The summed E-state index contributed by atoms with van der Waals surface area (Å²) in [5.41, 5.74) is 0.213. The molecule has 2 aromatic rings. The molecule has 0 unspecified atom stereocenters. The van der Waals surface area contributed by atoms with E-state index in [0.717, 1.165) is 0 Å². The first-order valence-electron chi connectivity index (χ1n) is 7.01. The molecule has 0 saturated carbocycles. The van der Waals surface area contributed by atoms with Crippen LogP contribution in [0.5, 0.6) is 5.75 Å². The molecule has 1 aliphatic heterocycles. The minimum atomic E-state index is -0.539. The zero-order chi connectivity index (χ0) is 17.3. The van der Waals surface area contributed by atoms with Crippen LogP contribution in [-0.4, -0.2) is 52.4 Å². The van der Waals surface area contributed by atoms with Gasteiger partial charge in [0.2, 0.25) is 0 Å². The third-order valence-corrected chi connectivity index (χ3v) is 4.39. The third-order valence-electron chi connectivity index (χ3n) is 3.67. The number of aromatic nitrogens is 3. The maximum Gasteiger partial charge on any atom is 0.277 e. The Morgan fingerprint density at radius 2 is 2.17 bits per heavy atom. The van der Waals surface area contributed by atoms with E-state index in [4.69, 9.17) is 32.7 Å². The summed E-state index contributed by atoms with van der Waals surface area (Å²) in [5, 5.41) is 20.5. The summed E-state index contributed by atoms with van der Waals surface area (Å²) in [7, 11) is 1.59. The molecule has 2 N–H and O–H groups in total. The minimum Gasteiger partial charge on any atom is -0.506 e. The highest BCUT2D eigenvalue weighted by molar-refractivity contribution is 6.42. The second kappa shape index (κ2) is 6.94. The van der Waals surface area contributed by atoms with Crippen LogP contribution in [0, 0.1) is 0 Å². The first kappa shape index (κ1) is 17.0. The number of methoxy groups -OCH3 is 1. The van der Waals surface area contributed by atoms with Crippen LogP contribution in [0.2, 0.25) is 10.0 Å². The van der Waals surface area contributed by atoms with Crippen LogP contribution in [0.4, 0.5) is 5.69 Å². The van der Waals surface area contributed by atoms with E-state index in [-0.39, 0.29) is 39.3 Å². The van der Waals surface area contributed by atoms with Crippen LogP contribution in [0.15, 0.2) is 18.3 Å². The summed E-state index contributed by atoms with van der Waals surface area (Å²) >= 11 is 11.7. The second-order valence-corrected chi connectivity index (χ2v) is 6.01. The Balaban J connectivity index is 1.76. The smallest absolute Gasteiger partial charge is 0.277 e. The Morgan fingerprint density at radius 1 is 1.42 bits per heavy atom. The van der Waals surface area contributed by atoms with Gasteiger partial charge in [-0.15, -0.1) is 5.10 Å². The number of nitrogens with one attached hydrogen (secondary N) is 1. The number of benzene rings is 1. The molecule has 1 fully saturated rings. The maximum atomic E-state index is 12.3. The molecule has 2 heterocycles. The molecular formula is C14H14Cl2N4O4. The number of rotatable bonds is 4. The molecule has 0 aliphatic carbocycles. The zero-order valence-electron chi connectivity index (χ0n) is 12.6. The Bertz CT molecular complexity index is 767. The maximum absolute atomic E-state index is 12.3. The van der Waals surface area contributed by atoms with Crippen molar-refractivity contribution in [3.63, 3.8) is 0 Å². The molecule has 1 aromatic carbocycles. The molecule has 0 spiro atoms. The molecule has 2 atom stereocenters. The molecular weight excluding hydrogens is 359 g/mol. The van der Waals surface area contributed by atoms with E-state index >= 15 is 0 Å². The van der Waals surface area contributed by atoms with Crippen molar-refractivity contribution in [1.82, 2.24) is 15.0 Å². The van der Waals surface area contributed by atoms with Crippen LogP contribution in [0.25, 0.3) is 0 Å². The van der Waals surface area contributed by atoms with E-state index in [0.29, 0.717) is 13.2 Å². The lowest BCUT2D eigenvalue weighted by Crippen LogP contribution is -2.24. The number of halogens is 2. The highest BCUT2D eigenvalue weighted by Gasteiger charge is 2.31. The van der Waals surface area contributed by atoms with E-state index in [1.807, 2.05) is 0 Å². The first-order chi connectivity index (χ1) is 11.5. The fraction of sp³-hybridized carbons (Fsp3) is 0.357. The normalized spacial score (nSPS) is 20.3. The topological polar surface area (TPSA) is 98.5 Å². The summed E-state index contributed by atoms with van der Waals surface area (Å²) in [6.45, 7) is 0.885. The van der Waals surface area contributed by atoms with Crippen molar-refractivity contribution >= 4 is 34.8 Å². The average molecular weight is 373 g/mol. The second-order valence-electron chi connectivity index (χ2n) is 5.20. The standard InChI is InChI=1S/C14H14Cl2N4O4/c1-23-13-6-24-5-11(13)20-4-10(18-19-20)14(22)17-9-2-7(15)8(16)3-12(9)21/h2-4,11,13,21H,5-6H2,1H3,(H,17,22)/t11-,13-/m1/s1. The van der Waals surface area contributed by atoms with Gasteiger partial charge in [0.1, 0.15) is 17.9 Å². The van der Waals surface area contributed by atoms with E-state index in [2.05, 4.69) is 15.6 Å². The molecule has 10 heteroatoms. The van der Waals surface area contributed by atoms with Crippen molar-refractivity contribution in [2.24, 2.45) is 0 Å². The summed E-state index contributed by atoms with van der Waals surface area (Å²) < 4.78 is 12.2.